The third-order valence-corrected chi connectivity index (χ3v) is 10.2. The number of methoxy groups -OCH3 is 2. The smallest absolute Gasteiger partial charge is 0.264 e. The van der Waals surface area contributed by atoms with Crippen LogP contribution in [-0.4, -0.2) is 82.2 Å². The van der Waals surface area contributed by atoms with Crippen molar-refractivity contribution in [2.45, 2.75) is 36.9 Å². The Hall–Kier alpha value is -5.47. The summed E-state index contributed by atoms with van der Waals surface area (Å²) >= 11 is 1.68. The van der Waals surface area contributed by atoms with Crippen LogP contribution < -0.4 is 19.5 Å². The van der Waals surface area contributed by atoms with Crippen LogP contribution in [0.1, 0.15) is 35.0 Å². The van der Waals surface area contributed by atoms with Gasteiger partial charge in [-0.3, -0.25) is 14.7 Å². The van der Waals surface area contributed by atoms with Crippen LogP contribution in [0.15, 0.2) is 116 Å². The number of thioether (sulfide) groups is 1. The molecule has 0 unspecified atom stereocenters. The number of aliphatic hydroxyl groups is 1. The van der Waals surface area contributed by atoms with Crippen LogP contribution in [0.25, 0.3) is 11.2 Å². The normalized spacial score (nSPS) is 16.9. The molecule has 3 heterocycles. The number of rotatable bonds is 16. The molecule has 7 rings (SSSR count). The maximum absolute atomic E-state index is 12.9. The molecule has 0 aliphatic carbocycles. The lowest BCUT2D eigenvalue weighted by Gasteiger charge is -2.37. The predicted molar refractivity (Wildman–Crippen MR) is 211 cm³/mol. The highest BCUT2D eigenvalue weighted by Gasteiger charge is 2.42. The summed E-state index contributed by atoms with van der Waals surface area (Å²) in [6.45, 7) is -0.157. The van der Waals surface area contributed by atoms with Crippen LogP contribution in [-0.2, 0) is 26.3 Å². The van der Waals surface area contributed by atoms with Gasteiger partial charge in [0, 0.05) is 12.8 Å². The zero-order chi connectivity index (χ0) is 38.2. The van der Waals surface area contributed by atoms with Crippen LogP contribution in [0.3, 0.4) is 0 Å². The van der Waals surface area contributed by atoms with E-state index in [1.807, 2.05) is 103 Å². The van der Waals surface area contributed by atoms with Gasteiger partial charge in [0.05, 0.1) is 39.0 Å². The molecular formula is C42H43N5O7S. The van der Waals surface area contributed by atoms with Crippen LogP contribution in [0, 0.1) is 0 Å². The van der Waals surface area contributed by atoms with Crippen molar-refractivity contribution in [3.63, 3.8) is 0 Å². The van der Waals surface area contributed by atoms with Gasteiger partial charge in [0.2, 0.25) is 5.95 Å². The van der Waals surface area contributed by atoms with Gasteiger partial charge in [-0.1, -0.05) is 72.8 Å². The lowest BCUT2D eigenvalue weighted by molar-refractivity contribution is -0.118. The van der Waals surface area contributed by atoms with Gasteiger partial charge in [0.25, 0.3) is 5.91 Å². The number of aromatic nitrogens is 4. The molecule has 12 nitrogen and oxygen atoms in total. The minimum absolute atomic E-state index is 0.0495. The number of amides is 1. The number of aryl methyl sites for hydroxylation is 1. The van der Waals surface area contributed by atoms with E-state index < -0.39 is 29.9 Å². The highest BCUT2D eigenvalue weighted by Crippen LogP contribution is 2.43. The zero-order valence-electron chi connectivity index (χ0n) is 30.8. The summed E-state index contributed by atoms with van der Waals surface area (Å²) < 4.78 is 32.0. The fraction of sp³-hybridized carbons (Fsp3) is 0.286. The summed E-state index contributed by atoms with van der Waals surface area (Å²) in [5.74, 6) is 2.55. The minimum atomic E-state index is -1.08. The Bertz CT molecular complexity index is 2120. The van der Waals surface area contributed by atoms with Crippen molar-refractivity contribution < 1.29 is 33.6 Å². The SMILES string of the molecule is COc1ccc(C(OC[C@H]2O[C@@H](n3cnc4c(CCSC)nc(NC(=O)COc5ccccc5)nc43)C[C@@H]2O)(c2ccccc2)c2ccc(OC)cc2)cc1. The molecule has 0 saturated carbocycles. The number of nitrogens with one attached hydrogen (secondary N) is 1. The number of imidazole rings is 1. The standard InChI is InChI=1S/C42H43N5O7S/c1-50-31-18-14-29(15-19-31)42(28-10-6-4-7-11-28,30-16-20-32(51-2)21-17-30)53-25-36-35(48)24-38(54-36)47-27-43-39-34(22-23-55-3)44-41(46-40(39)47)45-37(49)26-52-33-12-8-5-9-13-33/h4-21,27,35-36,38,48H,22-26H2,1-3H3,(H,44,45,46,49)/t35-,36+,38+/m0/s1. The van der Waals surface area contributed by atoms with Gasteiger partial charge in [-0.15, -0.1) is 0 Å². The largest absolute Gasteiger partial charge is 0.497 e. The van der Waals surface area contributed by atoms with Crippen molar-refractivity contribution in [2.75, 3.05) is 44.8 Å². The highest BCUT2D eigenvalue weighted by molar-refractivity contribution is 7.98. The number of hydrogen-bond acceptors (Lipinski definition) is 11. The third kappa shape index (κ3) is 8.30. The average Bonchev–Trinajstić information content (AvgIpc) is 3.83. The quantitative estimate of drug-likeness (QED) is 0.106. The van der Waals surface area contributed by atoms with Crippen LogP contribution in [0.4, 0.5) is 5.95 Å². The maximum Gasteiger partial charge on any atom is 0.264 e. The molecule has 1 aliphatic rings. The Morgan fingerprint density at radius 3 is 2.11 bits per heavy atom. The van der Waals surface area contributed by atoms with Gasteiger partial charge in [0.15, 0.2) is 12.3 Å². The second kappa shape index (κ2) is 17.3. The number of hydrogen-bond donors (Lipinski definition) is 2. The summed E-state index contributed by atoms with van der Waals surface area (Å²) in [6, 6.07) is 34.7. The molecule has 4 aromatic carbocycles. The van der Waals surface area contributed by atoms with Crippen molar-refractivity contribution in [2.24, 2.45) is 0 Å². The van der Waals surface area contributed by atoms with Crippen molar-refractivity contribution in [1.82, 2.24) is 19.5 Å². The summed E-state index contributed by atoms with van der Waals surface area (Å²) in [4.78, 5) is 26.9. The first-order valence-electron chi connectivity index (χ1n) is 17.9. The Morgan fingerprint density at radius 1 is 0.873 bits per heavy atom. The lowest BCUT2D eigenvalue weighted by Crippen LogP contribution is -2.38. The van der Waals surface area contributed by atoms with E-state index in [9.17, 15) is 9.90 Å². The lowest BCUT2D eigenvalue weighted by atomic mass is 9.80. The number of carbonyl (C=O) groups is 1. The third-order valence-electron chi connectivity index (χ3n) is 9.55. The number of benzene rings is 4. The number of fused-ring (bicyclic) bond motifs is 1. The number of para-hydroxylation sites is 1. The first-order chi connectivity index (χ1) is 26.9. The van der Waals surface area contributed by atoms with E-state index >= 15 is 0 Å². The first kappa shape index (κ1) is 37.8. The molecular weight excluding hydrogens is 719 g/mol. The van der Waals surface area contributed by atoms with Crippen molar-refractivity contribution >= 4 is 34.8 Å². The molecule has 0 radical (unpaired) electrons. The zero-order valence-corrected chi connectivity index (χ0v) is 31.6. The van der Waals surface area contributed by atoms with Crippen LogP contribution >= 0.6 is 11.8 Å². The molecule has 55 heavy (non-hydrogen) atoms. The van der Waals surface area contributed by atoms with E-state index in [0.717, 1.165) is 22.4 Å². The number of anilines is 1. The molecule has 0 spiro atoms. The van der Waals surface area contributed by atoms with Gasteiger partial charge >= 0.3 is 0 Å². The predicted octanol–water partition coefficient (Wildman–Crippen LogP) is 6.42. The number of aliphatic hydroxyl groups excluding tert-OH is 1. The molecule has 284 valence electrons. The summed E-state index contributed by atoms with van der Waals surface area (Å²) in [5, 5.41) is 14.3. The van der Waals surface area contributed by atoms with E-state index in [1.165, 1.54) is 0 Å². The Labute approximate surface area is 323 Å². The van der Waals surface area contributed by atoms with Gasteiger partial charge in [0.1, 0.15) is 40.7 Å². The van der Waals surface area contributed by atoms with Crippen LogP contribution in [0.2, 0.25) is 0 Å². The van der Waals surface area contributed by atoms with Gasteiger partial charge in [-0.05, 0) is 65.1 Å². The monoisotopic (exact) mass is 761 g/mol. The number of nitrogens with zero attached hydrogens (tertiary/aromatic N) is 4. The molecule has 2 N–H and O–H groups in total. The van der Waals surface area contributed by atoms with E-state index in [0.29, 0.717) is 40.5 Å². The molecule has 13 heteroatoms. The van der Waals surface area contributed by atoms with E-state index in [2.05, 4.69) is 15.3 Å². The molecule has 6 aromatic rings. The van der Waals surface area contributed by atoms with Crippen molar-refractivity contribution in [3.05, 3.63) is 138 Å². The Morgan fingerprint density at radius 2 is 1.49 bits per heavy atom. The molecule has 3 atom stereocenters. The highest BCUT2D eigenvalue weighted by atomic mass is 32.2. The number of carbonyl (C=O) groups excluding carboxylic acids is 1. The summed E-state index contributed by atoms with van der Waals surface area (Å²) in [5.41, 5.74) is 3.33. The minimum Gasteiger partial charge on any atom is -0.497 e. The molecule has 2 aromatic heterocycles. The summed E-state index contributed by atoms with van der Waals surface area (Å²) in [6.07, 6.45) is 2.37. The second-order valence-corrected chi connectivity index (χ2v) is 13.9. The maximum atomic E-state index is 12.9. The topological polar surface area (TPSA) is 139 Å². The average molecular weight is 762 g/mol. The molecule has 0 bridgehead atoms. The van der Waals surface area contributed by atoms with Crippen molar-refractivity contribution in [3.8, 4) is 17.2 Å². The number of ether oxygens (including phenoxy) is 5. The van der Waals surface area contributed by atoms with E-state index in [-0.39, 0.29) is 25.6 Å². The Kier molecular flexibility index (Phi) is 11.9. The second-order valence-electron chi connectivity index (χ2n) is 13.0. The van der Waals surface area contributed by atoms with E-state index in [1.54, 1.807) is 49.0 Å². The molecule has 1 aliphatic heterocycles. The molecule has 1 fully saturated rings. The van der Waals surface area contributed by atoms with Gasteiger partial charge < -0.3 is 28.8 Å². The molecule has 1 amide bonds. The first-order valence-corrected chi connectivity index (χ1v) is 19.3. The van der Waals surface area contributed by atoms with Crippen molar-refractivity contribution in [1.29, 1.82) is 0 Å². The fourth-order valence-corrected chi connectivity index (χ4v) is 7.16. The molecule has 1 saturated heterocycles. The van der Waals surface area contributed by atoms with Gasteiger partial charge in [-0.25, -0.2) is 9.97 Å². The summed E-state index contributed by atoms with van der Waals surface area (Å²) in [7, 11) is 3.27. The Balaban J connectivity index is 1.17. The van der Waals surface area contributed by atoms with E-state index in [4.69, 9.17) is 28.7 Å². The fourth-order valence-electron chi connectivity index (χ4n) is 6.76. The van der Waals surface area contributed by atoms with Gasteiger partial charge in [-0.2, -0.15) is 16.7 Å². The van der Waals surface area contributed by atoms with Crippen LogP contribution in [0.5, 0.6) is 17.2 Å².